The molecule has 3 nitrogen and oxygen atoms in total. The summed E-state index contributed by atoms with van der Waals surface area (Å²) < 4.78 is 4.99. The lowest BCUT2D eigenvalue weighted by Gasteiger charge is -2.02. The molecule has 0 saturated heterocycles. The van der Waals surface area contributed by atoms with E-state index in [1.165, 1.54) is 13.2 Å². The van der Waals surface area contributed by atoms with Crippen molar-refractivity contribution in [3.8, 4) is 23.3 Å². The van der Waals surface area contributed by atoms with Gasteiger partial charge in [0.2, 0.25) is 5.78 Å². The standard InChI is InChI=1S/C17H14O3/c1-12-5-3-4-6-14(12)15(18)9-7-13-8-10-16(19)17(11-13)20-2/h3-6,8,10-11,19H,1-2H3. The van der Waals surface area contributed by atoms with Gasteiger partial charge in [0.15, 0.2) is 11.5 Å². The van der Waals surface area contributed by atoms with Crippen molar-refractivity contribution >= 4 is 5.78 Å². The number of benzene rings is 2. The quantitative estimate of drug-likeness (QED) is 0.671. The van der Waals surface area contributed by atoms with Crippen molar-refractivity contribution in [3.63, 3.8) is 0 Å². The molecule has 0 aromatic heterocycles. The molecule has 0 unspecified atom stereocenters. The Morgan fingerprint density at radius 3 is 2.65 bits per heavy atom. The average molecular weight is 266 g/mol. The molecule has 0 fully saturated rings. The highest BCUT2D eigenvalue weighted by Gasteiger charge is 2.05. The zero-order valence-corrected chi connectivity index (χ0v) is 11.3. The number of carbonyl (C=O) groups excluding carboxylic acids is 1. The number of ether oxygens (including phenoxy) is 1. The minimum Gasteiger partial charge on any atom is -0.504 e. The number of hydrogen-bond donors (Lipinski definition) is 1. The van der Waals surface area contributed by atoms with Crippen LogP contribution in [0.25, 0.3) is 0 Å². The molecule has 2 aromatic carbocycles. The molecule has 0 radical (unpaired) electrons. The summed E-state index contributed by atoms with van der Waals surface area (Å²) in [6, 6.07) is 12.0. The summed E-state index contributed by atoms with van der Waals surface area (Å²) in [7, 11) is 1.46. The smallest absolute Gasteiger partial charge is 0.236 e. The van der Waals surface area contributed by atoms with Gasteiger partial charge in [-0.25, -0.2) is 0 Å². The van der Waals surface area contributed by atoms with Crippen LogP contribution in [0, 0.1) is 18.8 Å². The van der Waals surface area contributed by atoms with Gasteiger partial charge in [0.05, 0.1) is 7.11 Å². The van der Waals surface area contributed by atoms with E-state index in [-0.39, 0.29) is 11.5 Å². The first kappa shape index (κ1) is 13.7. The van der Waals surface area contributed by atoms with E-state index in [1.54, 1.807) is 18.2 Å². The normalized spacial score (nSPS) is 9.50. The summed E-state index contributed by atoms with van der Waals surface area (Å²) >= 11 is 0. The van der Waals surface area contributed by atoms with Crippen LogP contribution in [0.3, 0.4) is 0 Å². The maximum absolute atomic E-state index is 12.0. The molecule has 0 spiro atoms. The molecule has 100 valence electrons. The first-order valence-electron chi connectivity index (χ1n) is 6.11. The Balaban J connectivity index is 2.27. The predicted molar refractivity (Wildman–Crippen MR) is 77.0 cm³/mol. The Morgan fingerprint density at radius 1 is 1.20 bits per heavy atom. The topological polar surface area (TPSA) is 46.5 Å². The molecule has 0 heterocycles. The minimum atomic E-state index is -0.227. The lowest BCUT2D eigenvalue weighted by atomic mass is 10.0. The first-order chi connectivity index (χ1) is 9.61. The molecule has 0 aliphatic carbocycles. The second-order valence-electron chi connectivity index (χ2n) is 4.28. The first-order valence-corrected chi connectivity index (χ1v) is 6.11. The molecule has 3 heteroatoms. The lowest BCUT2D eigenvalue weighted by molar-refractivity contribution is 0.105. The molecule has 0 amide bonds. The van der Waals surface area contributed by atoms with Crippen molar-refractivity contribution in [2.24, 2.45) is 0 Å². The number of phenolic OH excluding ortho intramolecular Hbond substituents is 1. The summed E-state index contributed by atoms with van der Waals surface area (Å²) in [5, 5.41) is 9.49. The zero-order chi connectivity index (χ0) is 14.5. The van der Waals surface area contributed by atoms with Crippen molar-refractivity contribution in [1.82, 2.24) is 0 Å². The Labute approximate surface area is 117 Å². The molecule has 2 rings (SSSR count). The summed E-state index contributed by atoms with van der Waals surface area (Å²) in [6.45, 7) is 1.87. The van der Waals surface area contributed by atoms with Gasteiger partial charge in [-0.3, -0.25) is 4.79 Å². The molecule has 0 atom stereocenters. The largest absolute Gasteiger partial charge is 0.504 e. The van der Waals surface area contributed by atoms with E-state index in [4.69, 9.17) is 4.74 Å². The number of aromatic hydroxyl groups is 1. The highest BCUT2D eigenvalue weighted by Crippen LogP contribution is 2.25. The minimum absolute atomic E-state index is 0.0447. The fourth-order valence-corrected chi connectivity index (χ4v) is 1.78. The molecule has 0 bridgehead atoms. The van der Waals surface area contributed by atoms with Crippen LogP contribution in [0.5, 0.6) is 11.5 Å². The van der Waals surface area contributed by atoms with Gasteiger partial charge >= 0.3 is 0 Å². The SMILES string of the molecule is COc1cc(C#CC(=O)c2ccccc2C)ccc1O. The summed E-state index contributed by atoms with van der Waals surface area (Å²) in [5.74, 6) is 5.53. The summed E-state index contributed by atoms with van der Waals surface area (Å²) in [6.07, 6.45) is 0. The van der Waals surface area contributed by atoms with Crippen LogP contribution < -0.4 is 4.74 Å². The van der Waals surface area contributed by atoms with Crippen LogP contribution in [0.1, 0.15) is 21.5 Å². The number of methoxy groups -OCH3 is 1. The van der Waals surface area contributed by atoms with E-state index in [0.29, 0.717) is 16.9 Å². The highest BCUT2D eigenvalue weighted by molar-refractivity contribution is 6.10. The molecule has 0 aliphatic rings. The van der Waals surface area contributed by atoms with Gasteiger partial charge < -0.3 is 9.84 Å². The number of aryl methyl sites for hydroxylation is 1. The van der Waals surface area contributed by atoms with Gasteiger partial charge in [-0.15, -0.1) is 0 Å². The Kier molecular flexibility index (Phi) is 4.07. The molecule has 0 saturated carbocycles. The maximum atomic E-state index is 12.0. The van der Waals surface area contributed by atoms with E-state index in [2.05, 4.69) is 11.8 Å². The van der Waals surface area contributed by atoms with Crippen LogP contribution in [0.4, 0.5) is 0 Å². The van der Waals surface area contributed by atoms with Crippen LogP contribution in [0.2, 0.25) is 0 Å². The van der Waals surface area contributed by atoms with Gasteiger partial charge in [0.25, 0.3) is 0 Å². The highest BCUT2D eigenvalue weighted by atomic mass is 16.5. The second kappa shape index (κ2) is 5.94. The van der Waals surface area contributed by atoms with E-state index >= 15 is 0 Å². The van der Waals surface area contributed by atoms with Gasteiger partial charge in [-0.1, -0.05) is 30.2 Å². The van der Waals surface area contributed by atoms with Crippen molar-refractivity contribution in [3.05, 3.63) is 59.2 Å². The lowest BCUT2D eigenvalue weighted by Crippen LogP contribution is -1.97. The third kappa shape index (κ3) is 2.99. The zero-order valence-electron chi connectivity index (χ0n) is 11.3. The van der Waals surface area contributed by atoms with Gasteiger partial charge in [0, 0.05) is 11.1 Å². The molecule has 1 N–H and O–H groups in total. The number of carbonyl (C=O) groups is 1. The van der Waals surface area contributed by atoms with Crippen LogP contribution >= 0.6 is 0 Å². The van der Waals surface area contributed by atoms with Crippen molar-refractivity contribution in [1.29, 1.82) is 0 Å². The van der Waals surface area contributed by atoms with Crippen molar-refractivity contribution < 1.29 is 14.6 Å². The summed E-state index contributed by atoms with van der Waals surface area (Å²) in [5.41, 5.74) is 2.11. The number of rotatable bonds is 2. The molecule has 0 aliphatic heterocycles. The molecular formula is C17H14O3. The fraction of sp³-hybridized carbons (Fsp3) is 0.118. The van der Waals surface area contributed by atoms with Gasteiger partial charge in [0.1, 0.15) is 0 Å². The van der Waals surface area contributed by atoms with E-state index in [0.717, 1.165) is 5.56 Å². The Morgan fingerprint density at radius 2 is 1.95 bits per heavy atom. The molecular weight excluding hydrogens is 252 g/mol. The summed E-state index contributed by atoms with van der Waals surface area (Å²) in [4.78, 5) is 12.0. The Hall–Kier alpha value is -2.73. The van der Waals surface area contributed by atoms with Crippen molar-refractivity contribution in [2.45, 2.75) is 6.92 Å². The monoisotopic (exact) mass is 266 g/mol. The fourth-order valence-electron chi connectivity index (χ4n) is 1.78. The Bertz CT molecular complexity index is 706. The van der Waals surface area contributed by atoms with Gasteiger partial charge in [-0.2, -0.15) is 0 Å². The van der Waals surface area contributed by atoms with Gasteiger partial charge in [-0.05, 0) is 36.6 Å². The van der Waals surface area contributed by atoms with Crippen LogP contribution in [-0.2, 0) is 0 Å². The number of hydrogen-bond acceptors (Lipinski definition) is 3. The third-order valence-electron chi connectivity index (χ3n) is 2.89. The molecule has 20 heavy (non-hydrogen) atoms. The number of Topliss-reactive ketones (excluding diaryl/α,β-unsaturated/α-hetero) is 1. The van der Waals surface area contributed by atoms with Crippen LogP contribution in [-0.4, -0.2) is 18.0 Å². The molecule has 2 aromatic rings. The maximum Gasteiger partial charge on any atom is 0.236 e. The second-order valence-corrected chi connectivity index (χ2v) is 4.28. The predicted octanol–water partition coefficient (Wildman–Crippen LogP) is 2.94. The van der Waals surface area contributed by atoms with Crippen molar-refractivity contribution in [2.75, 3.05) is 7.11 Å². The average Bonchev–Trinajstić information content (AvgIpc) is 2.46. The number of ketones is 1. The third-order valence-corrected chi connectivity index (χ3v) is 2.89. The van der Waals surface area contributed by atoms with E-state index < -0.39 is 0 Å². The van der Waals surface area contributed by atoms with E-state index in [9.17, 15) is 9.90 Å². The van der Waals surface area contributed by atoms with Crippen LogP contribution in [0.15, 0.2) is 42.5 Å². The number of phenols is 1. The van der Waals surface area contributed by atoms with E-state index in [1.807, 2.05) is 25.1 Å².